The lowest BCUT2D eigenvalue weighted by atomic mass is 10.2. The molecule has 0 aliphatic carbocycles. The normalized spacial score (nSPS) is 10.6. The Balaban J connectivity index is 1.25. The number of amides is 1. The van der Waals surface area contributed by atoms with E-state index in [-0.39, 0.29) is 11.5 Å². The Bertz CT molecular complexity index is 1250. The molecule has 0 saturated carbocycles. The highest BCUT2D eigenvalue weighted by Crippen LogP contribution is 2.23. The zero-order chi connectivity index (χ0) is 22.3. The van der Waals surface area contributed by atoms with Crippen LogP contribution in [0, 0.1) is 17.1 Å². The van der Waals surface area contributed by atoms with Crippen LogP contribution in [0.15, 0.2) is 78.0 Å². The van der Waals surface area contributed by atoms with Gasteiger partial charge in [-0.2, -0.15) is 5.26 Å². The summed E-state index contributed by atoms with van der Waals surface area (Å²) in [6, 6.07) is 19.6. The lowest BCUT2D eigenvalue weighted by Crippen LogP contribution is -2.28. The lowest BCUT2D eigenvalue weighted by molar-refractivity contribution is 0.0955. The second kappa shape index (κ2) is 9.98. The summed E-state index contributed by atoms with van der Waals surface area (Å²) < 4.78 is 15.6. The minimum absolute atomic E-state index is 0.0319. The van der Waals surface area contributed by atoms with Crippen molar-refractivity contribution in [3.05, 3.63) is 95.7 Å². The summed E-state index contributed by atoms with van der Waals surface area (Å²) in [4.78, 5) is 18.0. The Kier molecular flexibility index (Phi) is 6.68. The fraction of sp³-hybridized carbons (Fsp3) is 0.125. The summed E-state index contributed by atoms with van der Waals surface area (Å²) in [6.07, 6.45) is 3.99. The van der Waals surface area contributed by atoms with Crippen LogP contribution in [0.3, 0.4) is 0 Å². The van der Waals surface area contributed by atoms with Crippen molar-refractivity contribution >= 4 is 29.0 Å². The fourth-order valence-electron chi connectivity index (χ4n) is 3.18. The van der Waals surface area contributed by atoms with E-state index in [4.69, 9.17) is 5.26 Å². The number of rotatable bonds is 8. The number of thioether (sulfide) groups is 1. The highest BCUT2D eigenvalue weighted by Gasteiger charge is 2.08. The van der Waals surface area contributed by atoms with Crippen LogP contribution in [0.4, 0.5) is 10.1 Å². The number of hydrogen-bond acceptors (Lipinski definition) is 5. The molecule has 0 radical (unpaired) electrons. The average molecular weight is 446 g/mol. The van der Waals surface area contributed by atoms with Gasteiger partial charge in [-0.3, -0.25) is 4.79 Å². The molecule has 0 bridgehead atoms. The minimum Gasteiger partial charge on any atom is -0.382 e. The number of pyridine rings is 1. The first-order valence-corrected chi connectivity index (χ1v) is 11.0. The van der Waals surface area contributed by atoms with Crippen LogP contribution >= 0.6 is 11.8 Å². The van der Waals surface area contributed by atoms with Gasteiger partial charge in [-0.1, -0.05) is 12.1 Å². The van der Waals surface area contributed by atoms with E-state index in [0.29, 0.717) is 24.3 Å². The van der Waals surface area contributed by atoms with Gasteiger partial charge >= 0.3 is 0 Å². The third-order valence-corrected chi connectivity index (χ3v) is 5.81. The molecule has 0 saturated heterocycles. The Hall–Kier alpha value is -3.83. The van der Waals surface area contributed by atoms with Gasteiger partial charge in [0.15, 0.2) is 0 Å². The van der Waals surface area contributed by atoms with E-state index in [1.165, 1.54) is 12.1 Å². The molecule has 0 spiro atoms. The SMILES string of the molecule is N#Cc1c(F)cccc1NCCNC(=O)c1ccc(SCc2cn3ccccc3n2)cc1. The van der Waals surface area contributed by atoms with Gasteiger partial charge in [0.25, 0.3) is 5.91 Å². The number of fused-ring (bicyclic) bond motifs is 1. The van der Waals surface area contributed by atoms with E-state index >= 15 is 0 Å². The van der Waals surface area contributed by atoms with Crippen molar-refractivity contribution in [3.8, 4) is 6.07 Å². The molecular weight excluding hydrogens is 425 g/mol. The van der Waals surface area contributed by atoms with Crippen molar-refractivity contribution in [2.45, 2.75) is 10.6 Å². The van der Waals surface area contributed by atoms with Crippen molar-refractivity contribution in [1.29, 1.82) is 5.26 Å². The summed E-state index contributed by atoms with van der Waals surface area (Å²) in [6.45, 7) is 0.710. The third-order valence-electron chi connectivity index (χ3n) is 4.77. The Morgan fingerprint density at radius 1 is 1.09 bits per heavy atom. The van der Waals surface area contributed by atoms with Crippen LogP contribution in [-0.4, -0.2) is 28.4 Å². The van der Waals surface area contributed by atoms with Gasteiger partial charge in [0.2, 0.25) is 0 Å². The average Bonchev–Trinajstić information content (AvgIpc) is 3.24. The number of benzene rings is 2. The summed E-state index contributed by atoms with van der Waals surface area (Å²) in [5, 5.41) is 14.8. The van der Waals surface area contributed by atoms with E-state index in [9.17, 15) is 9.18 Å². The maximum absolute atomic E-state index is 13.6. The number of hydrogen-bond donors (Lipinski definition) is 2. The number of imidazole rings is 1. The van der Waals surface area contributed by atoms with E-state index in [1.54, 1.807) is 30.0 Å². The van der Waals surface area contributed by atoms with Gasteiger partial charge in [0.1, 0.15) is 23.1 Å². The van der Waals surface area contributed by atoms with Crippen molar-refractivity contribution in [1.82, 2.24) is 14.7 Å². The summed E-state index contributed by atoms with van der Waals surface area (Å²) in [5.41, 5.74) is 2.86. The standard InChI is InChI=1S/C24H20FN5OS/c25-21-4-3-5-22(20(21)14-26)27-11-12-28-24(31)17-7-9-19(10-8-17)32-16-18-15-30-13-2-1-6-23(30)29-18/h1-10,13,15,27H,11-12,16H2,(H,28,31). The number of aromatic nitrogens is 2. The van der Waals surface area contributed by atoms with Gasteiger partial charge < -0.3 is 15.0 Å². The zero-order valence-corrected chi connectivity index (χ0v) is 17.9. The number of anilines is 1. The molecule has 2 aromatic heterocycles. The van der Waals surface area contributed by atoms with Crippen molar-refractivity contribution in [2.24, 2.45) is 0 Å². The van der Waals surface area contributed by atoms with Crippen LogP contribution in [0.25, 0.3) is 5.65 Å². The Morgan fingerprint density at radius 3 is 2.72 bits per heavy atom. The minimum atomic E-state index is -0.569. The predicted octanol–water partition coefficient (Wildman–Crippen LogP) is 4.48. The molecule has 0 aliphatic heterocycles. The molecule has 0 atom stereocenters. The van der Waals surface area contributed by atoms with E-state index < -0.39 is 5.82 Å². The first-order chi connectivity index (χ1) is 15.6. The maximum atomic E-state index is 13.6. The molecule has 0 aliphatic rings. The molecule has 8 heteroatoms. The van der Waals surface area contributed by atoms with Crippen LogP contribution in [0.2, 0.25) is 0 Å². The van der Waals surface area contributed by atoms with Gasteiger partial charge in [-0.05, 0) is 48.5 Å². The lowest BCUT2D eigenvalue weighted by Gasteiger charge is -2.10. The molecule has 4 aromatic rings. The molecule has 2 aromatic carbocycles. The number of nitrogens with zero attached hydrogens (tertiary/aromatic N) is 3. The van der Waals surface area contributed by atoms with E-state index in [0.717, 1.165) is 22.0 Å². The molecule has 2 N–H and O–H groups in total. The summed E-state index contributed by atoms with van der Waals surface area (Å²) in [7, 11) is 0. The van der Waals surface area contributed by atoms with Crippen molar-refractivity contribution in [3.63, 3.8) is 0 Å². The smallest absolute Gasteiger partial charge is 0.251 e. The molecule has 0 fully saturated rings. The fourth-order valence-corrected chi connectivity index (χ4v) is 3.96. The number of halogens is 1. The van der Waals surface area contributed by atoms with Gasteiger partial charge in [0, 0.05) is 41.7 Å². The summed E-state index contributed by atoms with van der Waals surface area (Å²) >= 11 is 1.66. The number of carbonyl (C=O) groups is 1. The number of nitrogens with one attached hydrogen (secondary N) is 2. The third kappa shape index (κ3) is 5.07. The van der Waals surface area contributed by atoms with E-state index in [1.807, 2.05) is 53.2 Å². The van der Waals surface area contributed by atoms with Crippen LogP contribution in [0.5, 0.6) is 0 Å². The van der Waals surface area contributed by atoms with Crippen molar-refractivity contribution in [2.75, 3.05) is 18.4 Å². The molecule has 2 heterocycles. The largest absolute Gasteiger partial charge is 0.382 e. The first kappa shape index (κ1) is 21.4. The second-order valence-corrected chi connectivity index (χ2v) is 8.02. The number of carbonyl (C=O) groups excluding carboxylic acids is 1. The van der Waals surface area contributed by atoms with Gasteiger partial charge in [-0.15, -0.1) is 11.8 Å². The van der Waals surface area contributed by atoms with Crippen LogP contribution < -0.4 is 10.6 Å². The molecular formula is C24H20FN5OS. The highest BCUT2D eigenvalue weighted by atomic mass is 32.2. The first-order valence-electron chi connectivity index (χ1n) is 10.0. The molecule has 6 nitrogen and oxygen atoms in total. The number of nitriles is 1. The molecule has 160 valence electrons. The quantitative estimate of drug-likeness (QED) is 0.309. The zero-order valence-electron chi connectivity index (χ0n) is 17.1. The van der Waals surface area contributed by atoms with Gasteiger partial charge in [0.05, 0.1) is 11.4 Å². The molecule has 1 amide bonds. The van der Waals surface area contributed by atoms with Gasteiger partial charge in [-0.25, -0.2) is 9.37 Å². The highest BCUT2D eigenvalue weighted by molar-refractivity contribution is 7.98. The monoisotopic (exact) mass is 445 g/mol. The van der Waals surface area contributed by atoms with Crippen LogP contribution in [0.1, 0.15) is 21.6 Å². The second-order valence-electron chi connectivity index (χ2n) is 6.97. The molecule has 0 unspecified atom stereocenters. The molecule has 32 heavy (non-hydrogen) atoms. The summed E-state index contributed by atoms with van der Waals surface area (Å²) in [5.74, 6) is -0.0203. The van der Waals surface area contributed by atoms with Crippen molar-refractivity contribution < 1.29 is 9.18 Å². The Morgan fingerprint density at radius 2 is 1.94 bits per heavy atom. The van der Waals surface area contributed by atoms with Crippen LogP contribution in [-0.2, 0) is 5.75 Å². The Labute approximate surface area is 189 Å². The molecule has 4 rings (SSSR count). The maximum Gasteiger partial charge on any atom is 0.251 e. The predicted molar refractivity (Wildman–Crippen MR) is 123 cm³/mol. The van der Waals surface area contributed by atoms with E-state index in [2.05, 4.69) is 15.6 Å². The topological polar surface area (TPSA) is 82.2 Å².